The Hall–Kier alpha value is -1.61. The minimum atomic E-state index is 0.636. The lowest BCUT2D eigenvalue weighted by Crippen LogP contribution is -1.82. The molecule has 1 aromatic carbocycles. The van der Waals surface area contributed by atoms with Gasteiger partial charge in [0.2, 0.25) is 0 Å². The minimum absolute atomic E-state index is 0.636. The van der Waals surface area contributed by atoms with Crippen LogP contribution in [0.25, 0.3) is 10.4 Å². The number of benzene rings is 1. The Morgan fingerprint density at radius 1 is 1.27 bits per heavy atom. The Bertz CT molecular complexity index is 460. The van der Waals surface area contributed by atoms with Crippen molar-refractivity contribution in [1.82, 2.24) is 0 Å². The number of hydrogen-bond acceptors (Lipinski definition) is 3. The lowest BCUT2D eigenvalue weighted by molar-refractivity contribution is 0.112. The molecule has 1 aromatic heterocycles. The first-order valence-corrected chi connectivity index (χ1v) is 5.35. The van der Waals surface area contributed by atoms with Crippen molar-refractivity contribution in [3.8, 4) is 16.2 Å². The van der Waals surface area contributed by atoms with Crippen LogP contribution in [0, 0.1) is 0 Å². The molecular weight excluding hydrogens is 208 g/mol. The van der Waals surface area contributed by atoms with E-state index in [-0.39, 0.29) is 0 Å². The molecule has 0 radical (unpaired) electrons. The average molecular weight is 218 g/mol. The molecule has 0 unspecified atom stereocenters. The third-order valence-corrected chi connectivity index (χ3v) is 3.20. The van der Waals surface area contributed by atoms with Crippen LogP contribution in [0.5, 0.6) is 5.75 Å². The second-order valence-electron chi connectivity index (χ2n) is 3.03. The van der Waals surface area contributed by atoms with E-state index >= 15 is 0 Å². The van der Waals surface area contributed by atoms with Crippen LogP contribution in [0.3, 0.4) is 0 Å². The number of hydrogen-bond donors (Lipinski definition) is 0. The van der Waals surface area contributed by atoms with E-state index in [2.05, 4.69) is 0 Å². The molecule has 0 aliphatic carbocycles. The molecule has 2 rings (SSSR count). The number of aldehydes is 1. The van der Waals surface area contributed by atoms with Crippen LogP contribution >= 0.6 is 11.3 Å². The van der Waals surface area contributed by atoms with E-state index in [1.165, 1.54) is 11.3 Å². The number of carbonyl (C=O) groups is 1. The van der Waals surface area contributed by atoms with Crippen LogP contribution in [0.4, 0.5) is 0 Å². The Morgan fingerprint density at radius 3 is 2.53 bits per heavy atom. The number of carbonyl (C=O) groups excluding carboxylic acids is 1. The molecule has 15 heavy (non-hydrogen) atoms. The molecule has 0 aliphatic rings. The predicted octanol–water partition coefficient (Wildman–Crippen LogP) is 3.24. The molecule has 0 atom stereocenters. The van der Waals surface area contributed by atoms with Crippen molar-refractivity contribution in [1.29, 1.82) is 0 Å². The second-order valence-corrected chi connectivity index (χ2v) is 4.11. The lowest BCUT2D eigenvalue weighted by Gasteiger charge is -1.94. The topological polar surface area (TPSA) is 26.3 Å². The largest absolute Gasteiger partial charge is 0.495 e. The van der Waals surface area contributed by atoms with Crippen LogP contribution in [0.1, 0.15) is 9.67 Å². The van der Waals surface area contributed by atoms with Crippen LogP contribution in [0.2, 0.25) is 0 Å². The van der Waals surface area contributed by atoms with Crippen molar-refractivity contribution in [2.45, 2.75) is 0 Å². The normalized spacial score (nSPS) is 9.93. The SMILES string of the molecule is COc1cc(-c2ccccc2)sc1C=O. The van der Waals surface area contributed by atoms with Crippen molar-refractivity contribution >= 4 is 17.6 Å². The van der Waals surface area contributed by atoms with Gasteiger partial charge in [0.05, 0.1) is 7.11 Å². The molecule has 0 amide bonds. The van der Waals surface area contributed by atoms with Crippen LogP contribution < -0.4 is 4.74 Å². The Balaban J connectivity index is 2.46. The zero-order valence-corrected chi connectivity index (χ0v) is 9.08. The summed E-state index contributed by atoms with van der Waals surface area (Å²) in [6, 6.07) is 11.8. The maximum Gasteiger partial charge on any atom is 0.163 e. The summed E-state index contributed by atoms with van der Waals surface area (Å²) in [6.07, 6.45) is 0.829. The highest BCUT2D eigenvalue weighted by Gasteiger charge is 2.09. The average Bonchev–Trinajstić information content (AvgIpc) is 2.73. The summed E-state index contributed by atoms with van der Waals surface area (Å²) in [6.45, 7) is 0. The van der Waals surface area contributed by atoms with Gasteiger partial charge in [0.1, 0.15) is 10.6 Å². The fourth-order valence-corrected chi connectivity index (χ4v) is 2.32. The molecule has 0 saturated heterocycles. The van der Waals surface area contributed by atoms with E-state index in [0.29, 0.717) is 10.6 Å². The molecule has 2 aromatic rings. The first kappa shape index (κ1) is 9.93. The minimum Gasteiger partial charge on any atom is -0.495 e. The molecule has 3 heteroatoms. The highest BCUT2D eigenvalue weighted by molar-refractivity contribution is 7.17. The van der Waals surface area contributed by atoms with E-state index in [1.807, 2.05) is 36.4 Å². The summed E-state index contributed by atoms with van der Waals surface area (Å²) >= 11 is 1.44. The van der Waals surface area contributed by atoms with Gasteiger partial charge in [0, 0.05) is 4.88 Å². The van der Waals surface area contributed by atoms with Gasteiger partial charge in [0.25, 0.3) is 0 Å². The standard InChI is InChI=1S/C12H10O2S/c1-14-10-7-11(15-12(10)8-13)9-5-3-2-4-6-9/h2-8H,1H3. The number of rotatable bonds is 3. The predicted molar refractivity (Wildman–Crippen MR) is 61.7 cm³/mol. The number of methoxy groups -OCH3 is 1. The van der Waals surface area contributed by atoms with E-state index < -0.39 is 0 Å². The van der Waals surface area contributed by atoms with E-state index in [9.17, 15) is 4.79 Å². The highest BCUT2D eigenvalue weighted by atomic mass is 32.1. The molecule has 0 N–H and O–H groups in total. The van der Waals surface area contributed by atoms with Gasteiger partial charge in [-0.25, -0.2) is 0 Å². The smallest absolute Gasteiger partial charge is 0.163 e. The summed E-state index contributed by atoms with van der Waals surface area (Å²) in [5.74, 6) is 0.647. The summed E-state index contributed by atoms with van der Waals surface area (Å²) in [5, 5.41) is 0. The lowest BCUT2D eigenvalue weighted by atomic mass is 10.2. The maximum atomic E-state index is 10.8. The van der Waals surface area contributed by atoms with Gasteiger partial charge in [-0.1, -0.05) is 30.3 Å². The number of ether oxygens (including phenoxy) is 1. The Kier molecular flexibility index (Phi) is 2.83. The summed E-state index contributed by atoms with van der Waals surface area (Å²) in [5.41, 5.74) is 1.11. The van der Waals surface area contributed by atoms with Crippen molar-refractivity contribution in [2.24, 2.45) is 0 Å². The quantitative estimate of drug-likeness (QED) is 0.739. The first-order chi connectivity index (χ1) is 7.35. The summed E-state index contributed by atoms with van der Waals surface area (Å²) in [4.78, 5) is 12.4. The molecule has 0 fully saturated rings. The van der Waals surface area contributed by atoms with Crippen LogP contribution in [-0.4, -0.2) is 13.4 Å². The third kappa shape index (κ3) is 1.92. The fourth-order valence-electron chi connectivity index (χ4n) is 1.37. The second kappa shape index (κ2) is 4.28. The zero-order valence-electron chi connectivity index (χ0n) is 8.27. The van der Waals surface area contributed by atoms with E-state index in [0.717, 1.165) is 16.7 Å². The van der Waals surface area contributed by atoms with Gasteiger partial charge in [0.15, 0.2) is 6.29 Å². The van der Waals surface area contributed by atoms with Gasteiger partial charge in [-0.3, -0.25) is 4.79 Å². The third-order valence-electron chi connectivity index (χ3n) is 2.11. The van der Waals surface area contributed by atoms with Crippen molar-refractivity contribution in [3.05, 3.63) is 41.3 Å². The van der Waals surface area contributed by atoms with Crippen molar-refractivity contribution < 1.29 is 9.53 Å². The molecule has 1 heterocycles. The Morgan fingerprint density at radius 2 is 2.00 bits per heavy atom. The molecule has 76 valence electrons. The molecular formula is C12H10O2S. The first-order valence-electron chi connectivity index (χ1n) is 4.53. The molecule has 0 aliphatic heterocycles. The van der Waals surface area contributed by atoms with Gasteiger partial charge >= 0.3 is 0 Å². The summed E-state index contributed by atoms with van der Waals surface area (Å²) < 4.78 is 5.12. The molecule has 0 bridgehead atoms. The molecule has 0 spiro atoms. The van der Waals surface area contributed by atoms with E-state index in [4.69, 9.17) is 4.74 Å². The van der Waals surface area contributed by atoms with E-state index in [1.54, 1.807) is 7.11 Å². The monoisotopic (exact) mass is 218 g/mol. The van der Waals surface area contributed by atoms with Crippen LogP contribution in [-0.2, 0) is 0 Å². The van der Waals surface area contributed by atoms with Gasteiger partial charge < -0.3 is 4.74 Å². The Labute approximate surface area is 92.1 Å². The van der Waals surface area contributed by atoms with Gasteiger partial charge in [-0.2, -0.15) is 0 Å². The van der Waals surface area contributed by atoms with Crippen molar-refractivity contribution in [2.75, 3.05) is 7.11 Å². The fraction of sp³-hybridized carbons (Fsp3) is 0.0833. The van der Waals surface area contributed by atoms with Crippen LogP contribution in [0.15, 0.2) is 36.4 Å². The maximum absolute atomic E-state index is 10.8. The molecule has 2 nitrogen and oxygen atoms in total. The summed E-state index contributed by atoms with van der Waals surface area (Å²) in [7, 11) is 1.57. The molecule has 0 saturated carbocycles. The van der Waals surface area contributed by atoms with Crippen molar-refractivity contribution in [3.63, 3.8) is 0 Å². The zero-order chi connectivity index (χ0) is 10.7. The van der Waals surface area contributed by atoms with Gasteiger partial charge in [-0.15, -0.1) is 11.3 Å². The number of thiophene rings is 1. The highest BCUT2D eigenvalue weighted by Crippen LogP contribution is 2.34. The van der Waals surface area contributed by atoms with Gasteiger partial charge in [-0.05, 0) is 11.6 Å².